The summed E-state index contributed by atoms with van der Waals surface area (Å²) in [5, 5.41) is 9.71. The van der Waals surface area contributed by atoms with E-state index in [2.05, 4.69) is 0 Å². The van der Waals surface area contributed by atoms with Crippen LogP contribution >= 0.6 is 0 Å². The number of halogens is 1. The maximum Gasteiger partial charge on any atom is 0.116 e. The molecule has 25 valence electrons. The van der Waals surface area contributed by atoms with E-state index in [1.165, 1.54) is 0 Å². The van der Waals surface area contributed by atoms with Crippen LogP contribution in [0.3, 0.4) is 0 Å². The first kappa shape index (κ1) is 0.684. The topological polar surface area (TPSA) is 19.9 Å². The van der Waals surface area contributed by atoms with Crippen LogP contribution < -0.4 is 0 Å². The van der Waals surface area contributed by atoms with Gasteiger partial charge in [-0.05, 0) is 0 Å². The molecule has 0 saturated heterocycles. The van der Waals surface area contributed by atoms with Gasteiger partial charge in [-0.2, -0.15) is 0 Å². The summed E-state index contributed by atoms with van der Waals surface area (Å²) in [6, 6.07) is 0. The van der Waals surface area contributed by atoms with Gasteiger partial charge in [0.05, 0.1) is 5.48 Å². The Hall–Kier alpha value is -0.110. The normalized spacial score (nSPS) is 29.5. The van der Waals surface area contributed by atoms with Crippen LogP contribution in [0.25, 0.3) is 0 Å². The van der Waals surface area contributed by atoms with E-state index >= 15 is 0 Å². The number of rotatable bonds is 1. The SMILES string of the molecule is [2H]C([2H])([O])C([2H])([2H])F. The molecule has 1 radical (unpaired) electrons. The largest absolute Gasteiger partial charge is 0.248 e. The van der Waals surface area contributed by atoms with Crippen molar-refractivity contribution >= 4 is 0 Å². The first-order chi connectivity index (χ1) is 3.25. The Bertz CT molecular complexity index is 69.0. The molecule has 0 aliphatic rings. The Morgan fingerprint density at radius 3 is 2.50 bits per heavy atom. The fourth-order valence-electron chi connectivity index (χ4n) is 0. The third-order valence-electron chi connectivity index (χ3n) is 0.0386. The van der Waals surface area contributed by atoms with Crippen molar-refractivity contribution < 1.29 is 15.0 Å². The maximum atomic E-state index is 11.5. The fraction of sp³-hybridized carbons (Fsp3) is 1.00. The molecule has 0 aliphatic carbocycles. The summed E-state index contributed by atoms with van der Waals surface area (Å²) in [5.74, 6) is 0. The van der Waals surface area contributed by atoms with Crippen molar-refractivity contribution in [2.45, 2.75) is 0 Å². The van der Waals surface area contributed by atoms with Gasteiger partial charge in [0.15, 0.2) is 0 Å². The molecule has 0 rings (SSSR count). The third-order valence-corrected chi connectivity index (χ3v) is 0.0386. The summed E-state index contributed by atoms with van der Waals surface area (Å²) >= 11 is 0. The lowest BCUT2D eigenvalue weighted by Gasteiger charge is -1.61. The first-order valence-electron chi connectivity index (χ1n) is 2.64. The zero-order valence-corrected chi connectivity index (χ0v) is 1.79. The van der Waals surface area contributed by atoms with Gasteiger partial charge < -0.3 is 0 Å². The van der Waals surface area contributed by atoms with Gasteiger partial charge in [-0.15, -0.1) is 0 Å². The van der Waals surface area contributed by atoms with Crippen LogP contribution in [0.5, 0.6) is 0 Å². The Kier molecular flexibility index (Phi) is 0.494. The molecular formula is C2H4FO. The van der Waals surface area contributed by atoms with E-state index in [0.717, 1.165) is 0 Å². The van der Waals surface area contributed by atoms with Gasteiger partial charge in [0, 0.05) is 0 Å². The molecule has 0 amide bonds. The minimum atomic E-state index is -3.78. The van der Waals surface area contributed by atoms with Gasteiger partial charge in [-0.1, -0.05) is 0 Å². The predicted octanol–water partition coefficient (Wildman–Crippen LogP) is 0.386. The van der Waals surface area contributed by atoms with E-state index in [-0.39, 0.29) is 0 Å². The van der Waals surface area contributed by atoms with Crippen molar-refractivity contribution in [1.29, 1.82) is 0 Å². The van der Waals surface area contributed by atoms with Crippen LogP contribution in [0.4, 0.5) is 4.39 Å². The Labute approximate surface area is 29.7 Å². The molecule has 0 aromatic carbocycles. The minimum absolute atomic E-state index is 3.65. The van der Waals surface area contributed by atoms with Crippen molar-refractivity contribution in [3.05, 3.63) is 0 Å². The van der Waals surface area contributed by atoms with Crippen LogP contribution in [-0.2, 0) is 5.11 Å². The van der Waals surface area contributed by atoms with Crippen molar-refractivity contribution in [3.63, 3.8) is 0 Å². The van der Waals surface area contributed by atoms with Crippen LogP contribution in [0.1, 0.15) is 5.48 Å². The highest BCUT2D eigenvalue weighted by Crippen LogP contribution is 1.55. The third kappa shape index (κ3) is 1.89. The van der Waals surface area contributed by atoms with Gasteiger partial charge in [0.2, 0.25) is 0 Å². The second kappa shape index (κ2) is 2.89. The van der Waals surface area contributed by atoms with Gasteiger partial charge in [-0.25, -0.2) is 9.50 Å². The van der Waals surface area contributed by atoms with E-state index in [1.54, 1.807) is 0 Å². The lowest BCUT2D eigenvalue weighted by molar-refractivity contribution is 0.168. The predicted molar refractivity (Wildman–Crippen MR) is 11.5 cm³/mol. The highest BCUT2D eigenvalue weighted by molar-refractivity contribution is 4.07. The molecule has 0 bridgehead atoms. The fourth-order valence-corrected chi connectivity index (χ4v) is 0. The summed E-state index contributed by atoms with van der Waals surface area (Å²) in [6.45, 7) is -7.43. The molecule has 0 aromatic heterocycles. The average Bonchev–Trinajstić information content (AvgIpc) is 1.25. The molecule has 0 atom stereocenters. The molecule has 1 nitrogen and oxygen atoms in total. The second-order valence-electron chi connectivity index (χ2n) is 0.197. The summed E-state index contributed by atoms with van der Waals surface area (Å²) in [7, 11) is 0. The minimum Gasteiger partial charge on any atom is -0.248 e. The average molecular weight is 67.1 g/mol. The van der Waals surface area contributed by atoms with Crippen molar-refractivity contribution in [3.8, 4) is 0 Å². The molecule has 0 fully saturated rings. The quantitative estimate of drug-likeness (QED) is 0.422. The van der Waals surface area contributed by atoms with Gasteiger partial charge >= 0.3 is 0 Å². The van der Waals surface area contributed by atoms with E-state index in [4.69, 9.17) is 5.48 Å². The van der Waals surface area contributed by atoms with Gasteiger partial charge in [0.1, 0.15) is 13.2 Å². The Morgan fingerprint density at radius 2 is 2.50 bits per heavy atom. The molecule has 0 spiro atoms. The second-order valence-corrected chi connectivity index (χ2v) is 0.197. The Morgan fingerprint density at radius 1 is 2.25 bits per heavy atom. The zero-order chi connectivity index (χ0) is 7.00. The molecule has 0 aromatic rings. The van der Waals surface area contributed by atoms with E-state index in [0.29, 0.717) is 0 Å². The Balaban J connectivity index is 4.02. The highest BCUT2D eigenvalue weighted by Gasteiger charge is 1.64. The van der Waals surface area contributed by atoms with Crippen molar-refractivity contribution in [2.75, 3.05) is 13.2 Å². The number of alkyl halides is 1. The first-order valence-corrected chi connectivity index (χ1v) is 0.643. The molecule has 0 heterocycles. The van der Waals surface area contributed by atoms with Crippen LogP contribution in [-0.4, -0.2) is 13.2 Å². The lowest BCUT2D eigenvalue weighted by Crippen LogP contribution is -1.74. The van der Waals surface area contributed by atoms with Gasteiger partial charge in [0.25, 0.3) is 0 Å². The van der Waals surface area contributed by atoms with Gasteiger partial charge in [-0.3, -0.25) is 0 Å². The number of hydrogen-bond acceptors (Lipinski definition) is 0. The molecule has 0 saturated carbocycles. The van der Waals surface area contributed by atoms with Crippen LogP contribution in [0.2, 0.25) is 0 Å². The van der Waals surface area contributed by atoms with Crippen molar-refractivity contribution in [1.82, 2.24) is 0 Å². The zero-order valence-electron chi connectivity index (χ0n) is 5.79. The smallest absolute Gasteiger partial charge is 0.116 e. The van der Waals surface area contributed by atoms with E-state index in [1.807, 2.05) is 0 Å². The maximum absolute atomic E-state index is 11.5. The molecule has 0 unspecified atom stereocenters. The van der Waals surface area contributed by atoms with E-state index < -0.39 is 13.2 Å². The van der Waals surface area contributed by atoms with Crippen molar-refractivity contribution in [2.24, 2.45) is 0 Å². The molecule has 4 heavy (non-hydrogen) atoms. The summed E-state index contributed by atoms with van der Waals surface area (Å²) in [5.41, 5.74) is 0. The summed E-state index contributed by atoms with van der Waals surface area (Å²) in [4.78, 5) is 0. The summed E-state index contributed by atoms with van der Waals surface area (Å²) in [6.07, 6.45) is 0. The molecule has 0 N–H and O–H groups in total. The number of hydrogen-bond donors (Lipinski definition) is 0. The summed E-state index contributed by atoms with van der Waals surface area (Å²) < 4.78 is 35.2. The molecule has 2 heteroatoms. The lowest BCUT2D eigenvalue weighted by atomic mass is 10.9. The standard InChI is InChI=1S/C2H4FO/c3-1-2-4/h1-2H2/i1D2,2D2. The van der Waals surface area contributed by atoms with E-state index in [9.17, 15) is 9.50 Å². The highest BCUT2D eigenvalue weighted by atomic mass is 19.1. The monoisotopic (exact) mass is 67.0 g/mol. The van der Waals surface area contributed by atoms with Crippen LogP contribution in [0, 0.1) is 0 Å². The molecular weight excluding hydrogens is 59.0 g/mol. The van der Waals surface area contributed by atoms with Crippen LogP contribution in [0.15, 0.2) is 0 Å². The molecule has 0 aliphatic heterocycles.